The van der Waals surface area contributed by atoms with Crippen molar-refractivity contribution in [1.29, 1.82) is 5.26 Å². The van der Waals surface area contributed by atoms with Crippen LogP contribution in [0.4, 0.5) is 5.69 Å². The Labute approximate surface area is 131 Å². The van der Waals surface area contributed by atoms with Crippen LogP contribution in [-0.4, -0.2) is 32.8 Å². The van der Waals surface area contributed by atoms with Crippen LogP contribution in [0, 0.1) is 14.9 Å². The van der Waals surface area contributed by atoms with Crippen molar-refractivity contribution in [2.45, 2.75) is 6.42 Å². The molecule has 0 radical (unpaired) electrons. The summed E-state index contributed by atoms with van der Waals surface area (Å²) in [6.07, 6.45) is 0.749. The number of carbonyl (C=O) groups excluding carboxylic acids is 1. The second kappa shape index (κ2) is 8.60. The second-order valence-corrected chi connectivity index (χ2v) is 5.14. The number of nitrogen functional groups attached to an aromatic ring is 1. The van der Waals surface area contributed by atoms with E-state index in [1.165, 1.54) is 6.07 Å². The highest BCUT2D eigenvalue weighted by Crippen LogP contribution is 2.29. The summed E-state index contributed by atoms with van der Waals surface area (Å²) in [5.74, 6) is 0.206. The maximum absolute atomic E-state index is 11.6. The van der Waals surface area contributed by atoms with Crippen molar-refractivity contribution >= 4 is 34.2 Å². The first kappa shape index (κ1) is 16.5. The van der Waals surface area contributed by atoms with E-state index in [2.05, 4.69) is 5.32 Å². The van der Waals surface area contributed by atoms with Gasteiger partial charge in [-0.3, -0.25) is 4.79 Å². The van der Waals surface area contributed by atoms with Crippen LogP contribution in [0.1, 0.15) is 12.0 Å². The average molecular weight is 389 g/mol. The Hall–Kier alpha value is -1.53. The van der Waals surface area contributed by atoms with E-state index in [0.717, 1.165) is 6.42 Å². The Morgan fingerprint density at radius 1 is 1.55 bits per heavy atom. The number of hydrogen-bond acceptors (Lipinski definition) is 5. The third-order valence-corrected chi connectivity index (χ3v) is 3.20. The SMILES string of the molecule is COCCCNC(=O)COc1c(N)cc(C#N)cc1I. The van der Waals surface area contributed by atoms with Gasteiger partial charge in [0.1, 0.15) is 0 Å². The molecule has 0 aromatic heterocycles. The summed E-state index contributed by atoms with van der Waals surface area (Å²) in [4.78, 5) is 11.6. The van der Waals surface area contributed by atoms with Gasteiger partial charge in [-0.1, -0.05) is 0 Å². The topological polar surface area (TPSA) is 97.4 Å². The molecule has 20 heavy (non-hydrogen) atoms. The molecule has 0 heterocycles. The molecule has 0 unspecified atom stereocenters. The zero-order chi connectivity index (χ0) is 15.0. The van der Waals surface area contributed by atoms with Crippen molar-refractivity contribution < 1.29 is 14.3 Å². The minimum atomic E-state index is -0.222. The Kier molecular flexibility index (Phi) is 7.11. The highest BCUT2D eigenvalue weighted by atomic mass is 127. The number of amides is 1. The predicted octanol–water partition coefficient (Wildman–Crippen LogP) is 1.28. The molecule has 1 aromatic carbocycles. The predicted molar refractivity (Wildman–Crippen MR) is 83.3 cm³/mol. The summed E-state index contributed by atoms with van der Waals surface area (Å²) >= 11 is 2.02. The lowest BCUT2D eigenvalue weighted by Crippen LogP contribution is -2.30. The number of halogens is 1. The van der Waals surface area contributed by atoms with E-state index >= 15 is 0 Å². The Morgan fingerprint density at radius 2 is 2.30 bits per heavy atom. The third-order valence-electron chi connectivity index (χ3n) is 2.40. The molecule has 1 amide bonds. The zero-order valence-corrected chi connectivity index (χ0v) is 13.3. The van der Waals surface area contributed by atoms with E-state index in [1.54, 1.807) is 13.2 Å². The number of carbonyl (C=O) groups is 1. The first-order valence-corrected chi connectivity index (χ1v) is 7.04. The summed E-state index contributed by atoms with van der Waals surface area (Å²) in [6.45, 7) is 1.02. The van der Waals surface area contributed by atoms with E-state index < -0.39 is 0 Å². The van der Waals surface area contributed by atoms with Crippen molar-refractivity contribution in [2.24, 2.45) is 0 Å². The van der Waals surface area contributed by atoms with Crippen LogP contribution in [-0.2, 0) is 9.53 Å². The highest BCUT2D eigenvalue weighted by molar-refractivity contribution is 14.1. The molecule has 0 saturated heterocycles. The number of nitriles is 1. The Morgan fingerprint density at radius 3 is 2.90 bits per heavy atom. The van der Waals surface area contributed by atoms with Gasteiger partial charge < -0.3 is 20.5 Å². The van der Waals surface area contributed by atoms with E-state index in [1.807, 2.05) is 28.7 Å². The van der Waals surface area contributed by atoms with Crippen LogP contribution in [0.15, 0.2) is 12.1 Å². The molecule has 0 fully saturated rings. The molecule has 0 aliphatic rings. The number of nitrogens with one attached hydrogen (secondary N) is 1. The number of rotatable bonds is 7. The van der Waals surface area contributed by atoms with Crippen molar-refractivity contribution in [2.75, 3.05) is 32.6 Å². The van der Waals surface area contributed by atoms with Crippen molar-refractivity contribution in [3.8, 4) is 11.8 Å². The first-order valence-electron chi connectivity index (χ1n) is 5.96. The summed E-state index contributed by atoms with van der Waals surface area (Å²) in [5, 5.41) is 11.5. The number of hydrogen-bond donors (Lipinski definition) is 2. The van der Waals surface area contributed by atoms with Gasteiger partial charge in [0.15, 0.2) is 12.4 Å². The largest absolute Gasteiger partial charge is 0.480 e. The van der Waals surface area contributed by atoms with E-state index in [4.69, 9.17) is 20.5 Å². The smallest absolute Gasteiger partial charge is 0.257 e. The van der Waals surface area contributed by atoms with Gasteiger partial charge >= 0.3 is 0 Å². The molecule has 108 valence electrons. The molecule has 1 rings (SSSR count). The summed E-state index contributed by atoms with van der Waals surface area (Å²) < 4.78 is 11.0. The van der Waals surface area contributed by atoms with E-state index in [9.17, 15) is 4.79 Å². The Bertz CT molecular complexity index is 491. The molecular weight excluding hydrogens is 373 g/mol. The van der Waals surface area contributed by atoms with Gasteiger partial charge in [-0.25, -0.2) is 0 Å². The van der Waals surface area contributed by atoms with Crippen LogP contribution in [0.5, 0.6) is 5.75 Å². The van der Waals surface area contributed by atoms with Gasteiger partial charge in [0.2, 0.25) is 0 Å². The van der Waals surface area contributed by atoms with Crippen LogP contribution in [0.2, 0.25) is 0 Å². The molecule has 0 aliphatic carbocycles. The van der Waals surface area contributed by atoms with Gasteiger partial charge in [-0.2, -0.15) is 5.26 Å². The fourth-order valence-corrected chi connectivity index (χ4v) is 2.27. The molecule has 0 saturated carbocycles. The number of nitrogens with two attached hydrogens (primary N) is 1. The number of methoxy groups -OCH3 is 1. The van der Waals surface area contributed by atoms with Crippen molar-refractivity contribution in [3.63, 3.8) is 0 Å². The lowest BCUT2D eigenvalue weighted by Gasteiger charge is -2.11. The maximum atomic E-state index is 11.6. The standard InChI is InChI=1S/C13H16IN3O3/c1-19-4-2-3-17-12(18)8-20-13-10(14)5-9(7-15)6-11(13)16/h5-6H,2-4,8,16H2,1H3,(H,17,18). The zero-order valence-electron chi connectivity index (χ0n) is 11.1. The number of ether oxygens (including phenoxy) is 2. The van der Waals surface area contributed by atoms with Crippen LogP contribution in [0.25, 0.3) is 0 Å². The third kappa shape index (κ3) is 5.22. The molecule has 1 aromatic rings. The summed E-state index contributed by atoms with van der Waals surface area (Å²) in [5.41, 5.74) is 6.60. The first-order chi connectivity index (χ1) is 9.58. The molecular formula is C13H16IN3O3. The van der Waals surface area contributed by atoms with E-state index in [-0.39, 0.29) is 12.5 Å². The summed E-state index contributed by atoms with van der Waals surface area (Å²) in [6, 6.07) is 5.19. The molecule has 0 atom stereocenters. The second-order valence-electron chi connectivity index (χ2n) is 3.97. The molecule has 6 nitrogen and oxygen atoms in total. The normalized spacial score (nSPS) is 9.85. The number of nitrogens with zero attached hydrogens (tertiary/aromatic N) is 1. The van der Waals surface area contributed by atoms with Gasteiger partial charge in [0.25, 0.3) is 5.91 Å². The van der Waals surface area contributed by atoms with Crippen LogP contribution in [0.3, 0.4) is 0 Å². The molecule has 0 aliphatic heterocycles. The number of anilines is 1. The van der Waals surface area contributed by atoms with E-state index in [0.29, 0.717) is 33.7 Å². The molecule has 0 bridgehead atoms. The van der Waals surface area contributed by atoms with Gasteiger partial charge in [0, 0.05) is 20.3 Å². The Balaban J connectivity index is 2.50. The molecule has 0 spiro atoms. The maximum Gasteiger partial charge on any atom is 0.257 e. The molecule has 3 N–H and O–H groups in total. The van der Waals surface area contributed by atoms with Crippen LogP contribution < -0.4 is 15.8 Å². The lowest BCUT2D eigenvalue weighted by molar-refractivity contribution is -0.123. The quantitative estimate of drug-likeness (QED) is 0.416. The van der Waals surface area contributed by atoms with Gasteiger partial charge in [0.05, 0.1) is 20.9 Å². The van der Waals surface area contributed by atoms with Crippen LogP contribution >= 0.6 is 22.6 Å². The van der Waals surface area contributed by atoms with Gasteiger partial charge in [-0.05, 0) is 41.1 Å². The molecule has 7 heteroatoms. The lowest BCUT2D eigenvalue weighted by atomic mass is 10.2. The average Bonchev–Trinajstić information content (AvgIpc) is 2.42. The number of benzene rings is 1. The fourth-order valence-electron chi connectivity index (χ4n) is 1.46. The van der Waals surface area contributed by atoms with Gasteiger partial charge in [-0.15, -0.1) is 0 Å². The van der Waals surface area contributed by atoms with Crippen molar-refractivity contribution in [1.82, 2.24) is 5.32 Å². The summed E-state index contributed by atoms with van der Waals surface area (Å²) in [7, 11) is 1.61. The fraction of sp³-hybridized carbons (Fsp3) is 0.385. The minimum absolute atomic E-state index is 0.112. The minimum Gasteiger partial charge on any atom is -0.480 e. The monoisotopic (exact) mass is 389 g/mol. The highest BCUT2D eigenvalue weighted by Gasteiger charge is 2.10. The van der Waals surface area contributed by atoms with Crippen molar-refractivity contribution in [3.05, 3.63) is 21.3 Å².